The first-order valence-electron chi connectivity index (χ1n) is 12.8. The second-order valence-corrected chi connectivity index (χ2v) is 10.6. The van der Waals surface area contributed by atoms with Crippen molar-refractivity contribution in [2.75, 3.05) is 6.54 Å². The van der Waals surface area contributed by atoms with Gasteiger partial charge in [0.15, 0.2) is 5.82 Å². The lowest BCUT2D eigenvalue weighted by Crippen LogP contribution is -2.41. The number of likely N-dealkylation sites (tertiary alicyclic amines) is 1. The number of amides is 1. The summed E-state index contributed by atoms with van der Waals surface area (Å²) >= 11 is 0. The van der Waals surface area contributed by atoms with Crippen molar-refractivity contribution < 1.29 is 9.18 Å². The Labute approximate surface area is 208 Å². The molecule has 0 spiro atoms. The van der Waals surface area contributed by atoms with Crippen molar-refractivity contribution in [3.05, 3.63) is 60.0 Å². The van der Waals surface area contributed by atoms with Gasteiger partial charge in [-0.05, 0) is 49.7 Å². The van der Waals surface area contributed by atoms with E-state index in [1.807, 2.05) is 36.3 Å². The molecule has 7 nitrogen and oxygen atoms in total. The first-order chi connectivity index (χ1) is 17.5. The molecular formula is C28H29FN6O. The Morgan fingerprint density at radius 1 is 1.11 bits per heavy atom. The summed E-state index contributed by atoms with van der Waals surface area (Å²) in [6, 6.07) is 13.3. The maximum absolute atomic E-state index is 15.5. The Morgan fingerprint density at radius 2 is 1.92 bits per heavy atom. The molecule has 36 heavy (non-hydrogen) atoms. The third-order valence-electron chi connectivity index (χ3n) is 8.34. The molecule has 7 rings (SSSR count). The minimum Gasteiger partial charge on any atom is -0.334 e. The standard InChI is InChI=1S/C28H29FN6O/c1-33-25-20(29)11-19(28(36)35-15-18-9-10-22(35)24(18)30)12-21(25)32-27(33)23-13-31-26(17-5-3-2-4-6-17)34(23)14-16-7-8-16/h2-6,11-13,16,18,22,24H,7-10,14-15,30H2,1H3/t18-,22-,24-/m1/s1. The maximum Gasteiger partial charge on any atom is 0.254 e. The lowest BCUT2D eigenvalue weighted by atomic mass is 10.1. The van der Waals surface area contributed by atoms with Crippen LogP contribution in [0.2, 0.25) is 0 Å². The van der Waals surface area contributed by atoms with Crippen molar-refractivity contribution in [3.63, 3.8) is 0 Å². The van der Waals surface area contributed by atoms with E-state index in [4.69, 9.17) is 15.7 Å². The van der Waals surface area contributed by atoms with E-state index in [2.05, 4.69) is 16.7 Å². The largest absolute Gasteiger partial charge is 0.334 e. The number of nitrogens with zero attached hydrogens (tertiary/aromatic N) is 5. The second-order valence-electron chi connectivity index (χ2n) is 10.6. The van der Waals surface area contributed by atoms with E-state index in [-0.39, 0.29) is 18.0 Å². The number of fused-ring (bicyclic) bond motifs is 3. The van der Waals surface area contributed by atoms with Gasteiger partial charge in [-0.15, -0.1) is 0 Å². The van der Waals surface area contributed by atoms with Gasteiger partial charge in [0.2, 0.25) is 0 Å². The van der Waals surface area contributed by atoms with Gasteiger partial charge in [0.25, 0.3) is 5.91 Å². The van der Waals surface area contributed by atoms with Crippen LogP contribution >= 0.6 is 0 Å². The van der Waals surface area contributed by atoms with E-state index in [9.17, 15) is 4.79 Å². The number of piperidine rings is 1. The summed E-state index contributed by atoms with van der Waals surface area (Å²) in [4.78, 5) is 24.8. The molecular weight excluding hydrogens is 455 g/mol. The molecule has 0 unspecified atom stereocenters. The van der Waals surface area contributed by atoms with Crippen molar-refractivity contribution in [1.29, 1.82) is 0 Å². The van der Waals surface area contributed by atoms with Crippen molar-refractivity contribution in [2.45, 2.75) is 44.3 Å². The zero-order chi connectivity index (χ0) is 24.6. The van der Waals surface area contributed by atoms with Crippen LogP contribution in [0.4, 0.5) is 4.39 Å². The average Bonchev–Trinajstić information content (AvgIpc) is 3.20. The van der Waals surface area contributed by atoms with Crippen molar-refractivity contribution in [1.82, 2.24) is 24.0 Å². The van der Waals surface area contributed by atoms with E-state index in [0.29, 0.717) is 40.8 Å². The molecule has 0 radical (unpaired) electrons. The fourth-order valence-electron chi connectivity index (χ4n) is 6.21. The Hall–Kier alpha value is -3.52. The monoisotopic (exact) mass is 484 g/mol. The molecule has 2 aromatic carbocycles. The Morgan fingerprint density at radius 3 is 2.61 bits per heavy atom. The molecule has 2 aliphatic carbocycles. The smallest absolute Gasteiger partial charge is 0.254 e. The summed E-state index contributed by atoms with van der Waals surface area (Å²) in [5, 5.41) is 0. The third-order valence-corrected chi connectivity index (χ3v) is 8.34. The van der Waals surface area contributed by atoms with Gasteiger partial charge in [-0.2, -0.15) is 0 Å². The van der Waals surface area contributed by atoms with Gasteiger partial charge >= 0.3 is 0 Å². The molecule has 3 heterocycles. The van der Waals surface area contributed by atoms with Gasteiger partial charge in [-0.25, -0.2) is 14.4 Å². The van der Waals surface area contributed by atoms with Crippen LogP contribution < -0.4 is 5.73 Å². The van der Waals surface area contributed by atoms with Crippen LogP contribution in [0.15, 0.2) is 48.7 Å². The Kier molecular flexibility index (Phi) is 4.83. The molecule has 1 amide bonds. The van der Waals surface area contributed by atoms with E-state index < -0.39 is 5.82 Å². The van der Waals surface area contributed by atoms with E-state index >= 15 is 4.39 Å². The summed E-state index contributed by atoms with van der Waals surface area (Å²) in [5.41, 5.74) is 9.40. The number of halogens is 1. The number of carbonyl (C=O) groups is 1. The van der Waals surface area contributed by atoms with Gasteiger partial charge in [-0.3, -0.25) is 4.79 Å². The number of aryl methyl sites for hydroxylation is 1. The number of carbonyl (C=O) groups excluding carboxylic acids is 1. The second kappa shape index (κ2) is 8.00. The summed E-state index contributed by atoms with van der Waals surface area (Å²) in [7, 11) is 1.82. The zero-order valence-corrected chi connectivity index (χ0v) is 20.3. The summed E-state index contributed by atoms with van der Waals surface area (Å²) in [6.07, 6.45) is 6.22. The molecule has 4 aromatic rings. The Balaban J connectivity index is 1.30. The average molecular weight is 485 g/mol. The first kappa shape index (κ1) is 21.7. The van der Waals surface area contributed by atoms with Crippen LogP contribution in [0, 0.1) is 17.7 Å². The summed E-state index contributed by atoms with van der Waals surface area (Å²) in [6.45, 7) is 1.51. The summed E-state index contributed by atoms with van der Waals surface area (Å²) < 4.78 is 19.4. The minimum atomic E-state index is -0.442. The maximum atomic E-state index is 15.5. The summed E-state index contributed by atoms with van der Waals surface area (Å²) in [5.74, 6) is 1.91. The van der Waals surface area contributed by atoms with Gasteiger partial charge < -0.3 is 19.8 Å². The molecule has 2 aromatic heterocycles. The van der Waals surface area contributed by atoms with Crippen molar-refractivity contribution >= 4 is 16.9 Å². The fourth-order valence-corrected chi connectivity index (χ4v) is 6.21. The van der Waals surface area contributed by atoms with Gasteiger partial charge in [-0.1, -0.05) is 30.3 Å². The topological polar surface area (TPSA) is 82.0 Å². The number of imidazole rings is 2. The zero-order valence-electron chi connectivity index (χ0n) is 20.3. The highest BCUT2D eigenvalue weighted by Gasteiger charge is 2.47. The minimum absolute atomic E-state index is 0.0227. The van der Waals surface area contributed by atoms with E-state index in [1.165, 1.54) is 18.9 Å². The highest BCUT2D eigenvalue weighted by Crippen LogP contribution is 2.39. The molecule has 8 heteroatoms. The predicted octanol–water partition coefficient (Wildman–Crippen LogP) is 4.21. The van der Waals surface area contributed by atoms with Crippen molar-refractivity contribution in [2.24, 2.45) is 24.6 Å². The quantitative estimate of drug-likeness (QED) is 0.460. The highest BCUT2D eigenvalue weighted by atomic mass is 19.1. The molecule has 1 saturated heterocycles. The third kappa shape index (κ3) is 3.31. The van der Waals surface area contributed by atoms with Gasteiger partial charge in [0.1, 0.15) is 22.9 Å². The van der Waals surface area contributed by atoms with Crippen LogP contribution in [0.1, 0.15) is 36.0 Å². The normalized spacial score (nSPS) is 23.2. The lowest BCUT2D eigenvalue weighted by molar-refractivity contribution is 0.0700. The van der Waals surface area contributed by atoms with Crippen LogP contribution in [-0.4, -0.2) is 48.5 Å². The van der Waals surface area contributed by atoms with Gasteiger partial charge in [0.05, 0.1) is 11.7 Å². The Bertz CT molecular complexity index is 1490. The molecule has 3 fully saturated rings. The molecule has 2 saturated carbocycles. The van der Waals surface area contributed by atoms with E-state index in [1.54, 1.807) is 10.6 Å². The SMILES string of the molecule is Cn1c(-c2cnc(-c3ccccc3)n2CC2CC2)nc2cc(C(=O)N3C[C@H]4CC[C@@H]3[C@@H]4N)cc(F)c21. The molecule has 3 atom stereocenters. The number of aromatic nitrogens is 4. The molecule has 3 aliphatic rings. The highest BCUT2D eigenvalue weighted by molar-refractivity contribution is 5.98. The van der Waals surface area contributed by atoms with Gasteiger partial charge in [0, 0.05) is 43.3 Å². The number of hydrogen-bond donors (Lipinski definition) is 1. The number of hydrogen-bond acceptors (Lipinski definition) is 4. The molecule has 2 bridgehead atoms. The first-order valence-corrected chi connectivity index (χ1v) is 12.8. The van der Waals surface area contributed by atoms with E-state index in [0.717, 1.165) is 36.5 Å². The van der Waals surface area contributed by atoms with Crippen LogP contribution in [0.5, 0.6) is 0 Å². The fraction of sp³-hybridized carbons (Fsp3) is 0.393. The number of nitrogens with two attached hydrogens (primary N) is 1. The van der Waals surface area contributed by atoms with Crippen LogP contribution in [-0.2, 0) is 13.6 Å². The van der Waals surface area contributed by atoms with Crippen LogP contribution in [0.3, 0.4) is 0 Å². The molecule has 2 N–H and O–H groups in total. The number of rotatable bonds is 5. The van der Waals surface area contributed by atoms with Crippen molar-refractivity contribution in [3.8, 4) is 22.9 Å². The lowest BCUT2D eigenvalue weighted by Gasteiger charge is -2.27. The molecule has 184 valence electrons. The predicted molar refractivity (Wildman–Crippen MR) is 136 cm³/mol. The van der Waals surface area contributed by atoms with Crippen LogP contribution in [0.25, 0.3) is 33.9 Å². The number of benzene rings is 2. The molecule has 1 aliphatic heterocycles.